The van der Waals surface area contributed by atoms with Gasteiger partial charge in [-0.15, -0.1) is 0 Å². The van der Waals surface area contributed by atoms with Crippen LogP contribution in [-0.2, 0) is 25.6 Å². The van der Waals surface area contributed by atoms with E-state index in [-0.39, 0.29) is 53.2 Å². The van der Waals surface area contributed by atoms with Crippen molar-refractivity contribution >= 4 is 29.3 Å². The Morgan fingerprint density at radius 3 is 2.51 bits per heavy atom. The second kappa shape index (κ2) is 12.7. The molecule has 3 aromatic rings. The van der Waals surface area contributed by atoms with Gasteiger partial charge in [0.05, 0.1) is 29.3 Å². The Labute approximate surface area is 241 Å². The standard InChI is InChI=1S/C30H28ClN3O7/c1-17-24(29(37)40-13-12-39-3)26(21-11-7-10-20(15-32)27(21)31)25(18(2)33-17)30(38)41-22-14-23(35)34(28(22)36)16-19-8-5-4-6-9-19/h4-11,14,24,26,35-36H,12-13,16H2,1-3H3/t24?,26-/m1/s1. The lowest BCUT2D eigenvalue weighted by Gasteiger charge is -2.32. The molecule has 1 aromatic heterocycles. The summed E-state index contributed by atoms with van der Waals surface area (Å²) in [7, 11) is 1.47. The van der Waals surface area contributed by atoms with Gasteiger partial charge in [0.1, 0.15) is 18.6 Å². The fourth-order valence-corrected chi connectivity index (χ4v) is 5.07. The van der Waals surface area contributed by atoms with Crippen LogP contribution in [0.1, 0.15) is 36.5 Å². The average Bonchev–Trinajstić information content (AvgIpc) is 3.20. The van der Waals surface area contributed by atoms with Crippen molar-refractivity contribution in [2.24, 2.45) is 10.9 Å². The summed E-state index contributed by atoms with van der Waals surface area (Å²) in [5.74, 6) is -4.77. The molecule has 2 atom stereocenters. The van der Waals surface area contributed by atoms with Gasteiger partial charge in [-0.1, -0.05) is 54.1 Å². The van der Waals surface area contributed by atoms with Gasteiger partial charge in [0.25, 0.3) is 0 Å². The second-order valence-electron chi connectivity index (χ2n) is 9.34. The van der Waals surface area contributed by atoms with Gasteiger partial charge in [0, 0.05) is 30.5 Å². The van der Waals surface area contributed by atoms with Crippen LogP contribution in [0.15, 0.2) is 70.9 Å². The largest absolute Gasteiger partial charge is 0.494 e. The molecule has 0 saturated carbocycles. The maximum absolute atomic E-state index is 13.8. The first-order chi connectivity index (χ1) is 19.7. The van der Waals surface area contributed by atoms with E-state index in [4.69, 9.17) is 25.8 Å². The number of aromatic nitrogens is 1. The van der Waals surface area contributed by atoms with Crippen LogP contribution in [0.5, 0.6) is 17.5 Å². The minimum absolute atomic E-state index is 0.0176. The van der Waals surface area contributed by atoms with Gasteiger partial charge in [-0.3, -0.25) is 14.4 Å². The van der Waals surface area contributed by atoms with Gasteiger partial charge in [0.15, 0.2) is 11.6 Å². The highest BCUT2D eigenvalue weighted by molar-refractivity contribution is 6.32. The van der Waals surface area contributed by atoms with Crippen molar-refractivity contribution in [2.45, 2.75) is 26.3 Å². The number of carbonyl (C=O) groups excluding carboxylic acids is 2. The number of allylic oxidation sites excluding steroid dienone is 1. The van der Waals surface area contributed by atoms with E-state index in [1.165, 1.54) is 17.7 Å². The molecule has 2 heterocycles. The minimum Gasteiger partial charge on any atom is -0.494 e. The number of ether oxygens (including phenoxy) is 3. The van der Waals surface area contributed by atoms with E-state index in [9.17, 15) is 25.1 Å². The molecular formula is C30H28ClN3O7. The topological polar surface area (TPSA) is 143 Å². The van der Waals surface area contributed by atoms with Crippen LogP contribution in [0.25, 0.3) is 0 Å². The van der Waals surface area contributed by atoms with Gasteiger partial charge in [-0.05, 0) is 31.0 Å². The Morgan fingerprint density at radius 2 is 1.83 bits per heavy atom. The first-order valence-electron chi connectivity index (χ1n) is 12.7. The van der Waals surface area contributed by atoms with Gasteiger partial charge in [-0.25, -0.2) is 4.79 Å². The summed E-state index contributed by atoms with van der Waals surface area (Å²) in [4.78, 5) is 31.5. The normalized spacial score (nSPS) is 16.6. The van der Waals surface area contributed by atoms with E-state index in [0.29, 0.717) is 11.3 Å². The van der Waals surface area contributed by atoms with Crippen molar-refractivity contribution in [1.82, 2.24) is 4.57 Å². The molecule has 0 saturated heterocycles. The average molecular weight is 578 g/mol. The zero-order chi connectivity index (χ0) is 29.7. The highest BCUT2D eigenvalue weighted by atomic mass is 35.5. The molecule has 0 radical (unpaired) electrons. The molecule has 10 nitrogen and oxygen atoms in total. The van der Waals surface area contributed by atoms with Gasteiger partial charge < -0.3 is 24.4 Å². The fourth-order valence-electron chi connectivity index (χ4n) is 4.79. The third kappa shape index (κ3) is 6.11. The first-order valence-corrected chi connectivity index (χ1v) is 13.0. The van der Waals surface area contributed by atoms with E-state index < -0.39 is 29.7 Å². The molecule has 0 fully saturated rings. The number of benzene rings is 2. The van der Waals surface area contributed by atoms with E-state index >= 15 is 0 Å². The number of halogens is 1. The second-order valence-corrected chi connectivity index (χ2v) is 9.72. The molecule has 2 aromatic carbocycles. The number of rotatable bonds is 9. The van der Waals surface area contributed by atoms with Crippen LogP contribution in [0.4, 0.5) is 0 Å². The third-order valence-corrected chi connectivity index (χ3v) is 7.14. The Morgan fingerprint density at radius 1 is 1.10 bits per heavy atom. The van der Waals surface area contributed by atoms with E-state index in [2.05, 4.69) is 4.99 Å². The van der Waals surface area contributed by atoms with Gasteiger partial charge in [0.2, 0.25) is 5.88 Å². The smallest absolute Gasteiger partial charge is 0.342 e. The maximum Gasteiger partial charge on any atom is 0.342 e. The van der Waals surface area contributed by atoms with Crippen molar-refractivity contribution in [3.05, 3.63) is 87.6 Å². The number of aromatic hydroxyl groups is 2. The predicted molar refractivity (Wildman–Crippen MR) is 150 cm³/mol. The number of nitriles is 1. The highest BCUT2D eigenvalue weighted by Crippen LogP contribution is 2.44. The van der Waals surface area contributed by atoms with Crippen molar-refractivity contribution < 1.29 is 34.0 Å². The van der Waals surface area contributed by atoms with Crippen LogP contribution < -0.4 is 4.74 Å². The molecule has 2 N–H and O–H groups in total. The van der Waals surface area contributed by atoms with Gasteiger partial charge >= 0.3 is 11.9 Å². The summed E-state index contributed by atoms with van der Waals surface area (Å²) >= 11 is 6.61. The zero-order valence-corrected chi connectivity index (χ0v) is 23.4. The number of hydrogen-bond donors (Lipinski definition) is 2. The summed E-state index contributed by atoms with van der Waals surface area (Å²) in [6, 6.07) is 17.0. The number of nitrogens with zero attached hydrogens (tertiary/aromatic N) is 3. The van der Waals surface area contributed by atoms with Crippen molar-refractivity contribution in [2.75, 3.05) is 20.3 Å². The Hall–Kier alpha value is -4.59. The Bertz CT molecular complexity index is 1570. The summed E-state index contributed by atoms with van der Waals surface area (Å²) in [6.45, 7) is 3.48. The molecule has 1 aliphatic rings. The number of methoxy groups -OCH3 is 1. The van der Waals surface area contributed by atoms with Crippen molar-refractivity contribution in [3.63, 3.8) is 0 Å². The van der Waals surface area contributed by atoms with E-state index in [0.717, 1.165) is 11.6 Å². The van der Waals surface area contributed by atoms with Crippen LogP contribution in [0.3, 0.4) is 0 Å². The van der Waals surface area contributed by atoms with Crippen LogP contribution >= 0.6 is 11.6 Å². The van der Waals surface area contributed by atoms with Crippen LogP contribution in [0, 0.1) is 17.2 Å². The quantitative estimate of drug-likeness (QED) is 0.275. The number of esters is 2. The summed E-state index contributed by atoms with van der Waals surface area (Å²) in [5, 5.41) is 30.9. The molecule has 212 valence electrons. The number of hydrogen-bond acceptors (Lipinski definition) is 9. The lowest BCUT2D eigenvalue weighted by molar-refractivity contribution is -0.147. The molecule has 41 heavy (non-hydrogen) atoms. The van der Waals surface area contributed by atoms with Crippen molar-refractivity contribution in [3.8, 4) is 23.6 Å². The summed E-state index contributed by atoms with van der Waals surface area (Å²) in [6.07, 6.45) is 0. The maximum atomic E-state index is 13.8. The lowest BCUT2D eigenvalue weighted by atomic mass is 9.75. The Kier molecular flexibility index (Phi) is 9.12. The van der Waals surface area contributed by atoms with Crippen LogP contribution in [-0.4, -0.2) is 52.8 Å². The van der Waals surface area contributed by atoms with E-state index in [1.807, 2.05) is 36.4 Å². The molecule has 4 rings (SSSR count). The van der Waals surface area contributed by atoms with Gasteiger partial charge in [-0.2, -0.15) is 5.26 Å². The fraction of sp³-hybridized carbons (Fsp3) is 0.267. The predicted octanol–water partition coefficient (Wildman–Crippen LogP) is 4.72. The molecule has 0 aliphatic carbocycles. The summed E-state index contributed by atoms with van der Waals surface area (Å²) in [5.41, 5.74) is 1.89. The number of aliphatic imine (C=N–C) groups is 1. The number of carbonyl (C=O) groups is 2. The Balaban J connectivity index is 1.75. The zero-order valence-electron chi connectivity index (χ0n) is 22.6. The summed E-state index contributed by atoms with van der Waals surface area (Å²) < 4.78 is 17.2. The molecule has 0 bridgehead atoms. The first kappa shape index (κ1) is 29.4. The molecule has 0 amide bonds. The lowest BCUT2D eigenvalue weighted by Crippen LogP contribution is -2.37. The van der Waals surface area contributed by atoms with E-state index in [1.54, 1.807) is 26.0 Å². The molecule has 1 unspecified atom stereocenters. The molecular weight excluding hydrogens is 550 g/mol. The van der Waals surface area contributed by atoms with Crippen LogP contribution in [0.2, 0.25) is 5.02 Å². The molecule has 11 heteroatoms. The minimum atomic E-state index is -1.07. The monoisotopic (exact) mass is 577 g/mol. The molecule has 0 spiro atoms. The van der Waals surface area contributed by atoms with Crippen molar-refractivity contribution in [1.29, 1.82) is 5.26 Å². The third-order valence-electron chi connectivity index (χ3n) is 6.72. The SMILES string of the molecule is COCCOC(=O)C1C(C)=NC(C)=C(C(=O)Oc2cc(O)n(Cc3ccccc3)c2O)[C@@H]1c1cccc(C#N)c1Cl. The highest BCUT2D eigenvalue weighted by Gasteiger charge is 2.44. The molecule has 1 aliphatic heterocycles.